The summed E-state index contributed by atoms with van der Waals surface area (Å²) in [5, 5.41) is 3.21. The Morgan fingerprint density at radius 3 is 2.12 bits per heavy atom. The highest BCUT2D eigenvalue weighted by Gasteiger charge is 2.32. The number of hydrogen-bond acceptors (Lipinski definition) is 4. The van der Waals surface area contributed by atoms with Crippen molar-refractivity contribution in [1.82, 2.24) is 10.2 Å². The molecule has 0 aromatic heterocycles. The fourth-order valence-electron chi connectivity index (χ4n) is 3.96. The molecule has 0 aliphatic carbocycles. The summed E-state index contributed by atoms with van der Waals surface area (Å²) in [7, 11) is -4.20. The predicted octanol–water partition coefficient (Wildman–Crippen LogP) is 5.48. The molecule has 3 aromatic rings. The van der Waals surface area contributed by atoms with Crippen molar-refractivity contribution in [3.63, 3.8) is 0 Å². The van der Waals surface area contributed by atoms with Crippen LogP contribution in [0.2, 0.25) is 5.02 Å². The third-order valence-electron chi connectivity index (χ3n) is 6.58. The lowest BCUT2D eigenvalue weighted by atomic mass is 10.1. The number of nitrogens with one attached hydrogen (secondary N) is 1. The minimum Gasteiger partial charge on any atom is -0.354 e. The first-order chi connectivity index (χ1) is 18.8. The molecule has 2 amide bonds. The van der Waals surface area contributed by atoms with Crippen LogP contribution in [0, 0.1) is 25.6 Å². The number of anilines is 1. The minimum absolute atomic E-state index is 0.0167. The first-order valence-corrected chi connectivity index (χ1v) is 14.8. The highest BCUT2D eigenvalue weighted by Crippen LogP contribution is 2.27. The summed E-state index contributed by atoms with van der Waals surface area (Å²) >= 11 is 5.99. The molecule has 0 saturated carbocycles. The summed E-state index contributed by atoms with van der Waals surface area (Å²) in [6, 6.07) is 15.5. The van der Waals surface area contributed by atoms with Crippen LogP contribution in [0.15, 0.2) is 71.6 Å². The van der Waals surface area contributed by atoms with E-state index in [1.807, 2.05) is 27.7 Å². The van der Waals surface area contributed by atoms with E-state index >= 15 is 0 Å². The van der Waals surface area contributed by atoms with Gasteiger partial charge in [-0.3, -0.25) is 13.9 Å². The van der Waals surface area contributed by atoms with Crippen molar-refractivity contribution in [2.75, 3.05) is 17.4 Å². The molecule has 0 spiro atoms. The number of sulfonamides is 1. The Kier molecular flexibility index (Phi) is 10.3. The second kappa shape index (κ2) is 13.3. The Hall–Kier alpha value is -3.43. The fourth-order valence-corrected chi connectivity index (χ4v) is 5.50. The number of amides is 2. The van der Waals surface area contributed by atoms with Gasteiger partial charge in [-0.15, -0.1) is 0 Å². The van der Waals surface area contributed by atoms with Gasteiger partial charge in [0.05, 0.1) is 10.6 Å². The molecular weight excluding hydrogens is 553 g/mol. The van der Waals surface area contributed by atoms with Gasteiger partial charge >= 0.3 is 0 Å². The summed E-state index contributed by atoms with van der Waals surface area (Å²) in [6.45, 7) is 9.10. The van der Waals surface area contributed by atoms with E-state index in [0.717, 1.165) is 15.4 Å². The molecule has 40 heavy (non-hydrogen) atoms. The Morgan fingerprint density at radius 2 is 1.55 bits per heavy atom. The summed E-state index contributed by atoms with van der Waals surface area (Å²) < 4.78 is 42.3. The smallest absolute Gasteiger partial charge is 0.264 e. The van der Waals surface area contributed by atoms with Crippen LogP contribution in [-0.2, 0) is 26.2 Å². The van der Waals surface area contributed by atoms with Crippen LogP contribution in [0.25, 0.3) is 0 Å². The number of benzene rings is 3. The molecule has 1 N–H and O–H groups in total. The van der Waals surface area contributed by atoms with E-state index in [4.69, 9.17) is 11.6 Å². The molecule has 7 nitrogen and oxygen atoms in total. The predicted molar refractivity (Wildman–Crippen MR) is 156 cm³/mol. The molecule has 0 fully saturated rings. The van der Waals surface area contributed by atoms with E-state index in [1.54, 1.807) is 25.1 Å². The Morgan fingerprint density at radius 1 is 0.925 bits per heavy atom. The Bertz CT molecular complexity index is 1440. The van der Waals surface area contributed by atoms with E-state index in [9.17, 15) is 22.4 Å². The van der Waals surface area contributed by atoms with Gasteiger partial charge in [-0.1, -0.05) is 43.6 Å². The van der Waals surface area contributed by atoms with E-state index in [1.165, 1.54) is 53.4 Å². The topological polar surface area (TPSA) is 86.8 Å². The largest absolute Gasteiger partial charge is 0.354 e. The van der Waals surface area contributed by atoms with Crippen LogP contribution < -0.4 is 9.62 Å². The average molecular weight is 588 g/mol. The maximum atomic E-state index is 13.9. The first kappa shape index (κ1) is 31.1. The number of rotatable bonds is 11. The number of nitrogens with zero attached hydrogens (tertiary/aromatic N) is 2. The van der Waals surface area contributed by atoms with Gasteiger partial charge in [0.25, 0.3) is 10.0 Å². The number of hydrogen-bond donors (Lipinski definition) is 1. The van der Waals surface area contributed by atoms with E-state index < -0.39 is 34.3 Å². The van der Waals surface area contributed by atoms with Crippen LogP contribution in [-0.4, -0.2) is 44.3 Å². The summed E-state index contributed by atoms with van der Waals surface area (Å²) in [5.74, 6) is -1.20. The molecule has 0 unspecified atom stereocenters. The van der Waals surface area contributed by atoms with Crippen molar-refractivity contribution in [1.29, 1.82) is 0 Å². The highest BCUT2D eigenvalue weighted by atomic mass is 35.5. The first-order valence-electron chi connectivity index (χ1n) is 13.0. The molecular formula is C30H35ClFN3O4S. The van der Waals surface area contributed by atoms with E-state index in [0.29, 0.717) is 22.8 Å². The van der Waals surface area contributed by atoms with Gasteiger partial charge in [0.2, 0.25) is 11.8 Å². The van der Waals surface area contributed by atoms with E-state index in [2.05, 4.69) is 5.32 Å². The van der Waals surface area contributed by atoms with Crippen LogP contribution >= 0.6 is 11.6 Å². The SMILES string of the molecule is Cc1ccc(N(CC(=O)N(Cc2ccc(F)cc2)[C@@H](C)C(=O)NCC(C)C)S(=O)(=O)c2ccc(Cl)cc2)cc1C. The van der Waals surface area contributed by atoms with Crippen LogP contribution in [0.4, 0.5) is 10.1 Å². The van der Waals surface area contributed by atoms with Crippen molar-refractivity contribution in [2.45, 2.75) is 52.1 Å². The van der Waals surface area contributed by atoms with Crippen molar-refractivity contribution in [3.05, 3.63) is 94.3 Å². The van der Waals surface area contributed by atoms with Crippen LogP contribution in [0.1, 0.15) is 37.5 Å². The van der Waals surface area contributed by atoms with Gasteiger partial charge in [0, 0.05) is 18.1 Å². The number of aryl methyl sites for hydroxylation is 2. The normalized spacial score (nSPS) is 12.2. The van der Waals surface area contributed by atoms with Crippen LogP contribution in [0.5, 0.6) is 0 Å². The molecule has 10 heteroatoms. The van der Waals surface area contributed by atoms with Crippen LogP contribution in [0.3, 0.4) is 0 Å². The molecule has 0 radical (unpaired) electrons. The van der Waals surface area contributed by atoms with Crippen molar-refractivity contribution in [2.24, 2.45) is 5.92 Å². The number of carbonyl (C=O) groups excluding carboxylic acids is 2. The summed E-state index contributed by atoms with van der Waals surface area (Å²) in [5.41, 5.74) is 2.72. The molecule has 1 atom stereocenters. The lowest BCUT2D eigenvalue weighted by Gasteiger charge is -2.32. The lowest BCUT2D eigenvalue weighted by molar-refractivity contribution is -0.139. The molecule has 3 rings (SSSR count). The maximum absolute atomic E-state index is 13.9. The molecule has 3 aromatic carbocycles. The molecule has 0 heterocycles. The molecule has 214 valence electrons. The number of halogens is 2. The Balaban J connectivity index is 2.03. The van der Waals surface area contributed by atoms with Gasteiger partial charge in [0.1, 0.15) is 18.4 Å². The molecule has 0 aliphatic rings. The summed E-state index contributed by atoms with van der Waals surface area (Å²) in [6.07, 6.45) is 0. The van der Waals surface area contributed by atoms with Gasteiger partial charge in [0.15, 0.2) is 0 Å². The quantitative estimate of drug-likeness (QED) is 0.322. The fraction of sp³-hybridized carbons (Fsp3) is 0.333. The summed E-state index contributed by atoms with van der Waals surface area (Å²) in [4.78, 5) is 28.2. The Labute approximate surface area is 241 Å². The monoisotopic (exact) mass is 587 g/mol. The van der Waals surface area contributed by atoms with Gasteiger partial charge < -0.3 is 10.2 Å². The van der Waals surface area contributed by atoms with E-state index in [-0.39, 0.29) is 23.3 Å². The average Bonchev–Trinajstić information content (AvgIpc) is 2.91. The maximum Gasteiger partial charge on any atom is 0.264 e. The minimum atomic E-state index is -4.20. The van der Waals surface area contributed by atoms with Crippen molar-refractivity contribution < 1.29 is 22.4 Å². The second-order valence-corrected chi connectivity index (χ2v) is 12.5. The van der Waals surface area contributed by atoms with Gasteiger partial charge in [-0.05, 0) is 91.9 Å². The lowest BCUT2D eigenvalue weighted by Crippen LogP contribution is -2.51. The third-order valence-corrected chi connectivity index (χ3v) is 8.62. The third kappa shape index (κ3) is 7.82. The molecule has 0 bridgehead atoms. The number of carbonyl (C=O) groups is 2. The standard InChI is InChI=1S/C30H35ClFN3O4S/c1-20(2)17-33-30(37)23(5)34(18-24-7-11-26(32)12-8-24)29(36)19-35(27-13-6-21(3)22(4)16-27)40(38,39)28-14-9-25(31)10-15-28/h6-16,20,23H,17-19H2,1-5H3,(H,33,37)/t23-/m0/s1. The molecule has 0 saturated heterocycles. The highest BCUT2D eigenvalue weighted by molar-refractivity contribution is 7.92. The van der Waals surface area contributed by atoms with Gasteiger partial charge in [-0.2, -0.15) is 0 Å². The zero-order valence-electron chi connectivity index (χ0n) is 23.3. The zero-order valence-corrected chi connectivity index (χ0v) is 24.9. The van der Waals surface area contributed by atoms with Gasteiger partial charge in [-0.25, -0.2) is 12.8 Å². The van der Waals surface area contributed by atoms with Crippen molar-refractivity contribution >= 4 is 39.1 Å². The molecule has 0 aliphatic heterocycles. The second-order valence-electron chi connectivity index (χ2n) is 10.2. The van der Waals surface area contributed by atoms with Crippen molar-refractivity contribution in [3.8, 4) is 0 Å². The zero-order chi connectivity index (χ0) is 29.6.